The van der Waals surface area contributed by atoms with Crippen molar-refractivity contribution in [2.75, 3.05) is 20.8 Å². The Hall–Kier alpha value is -2.63. The highest BCUT2D eigenvalue weighted by Gasteiger charge is 2.44. The Kier molecular flexibility index (Phi) is 5.63. The van der Waals surface area contributed by atoms with Crippen LogP contribution < -0.4 is 9.47 Å². The van der Waals surface area contributed by atoms with Gasteiger partial charge in [0.2, 0.25) is 0 Å². The van der Waals surface area contributed by atoms with E-state index in [9.17, 15) is 9.59 Å². The van der Waals surface area contributed by atoms with Crippen molar-refractivity contribution in [1.29, 1.82) is 0 Å². The Morgan fingerprint density at radius 3 is 2.63 bits per heavy atom. The van der Waals surface area contributed by atoms with Crippen LogP contribution in [-0.2, 0) is 14.3 Å². The molecule has 1 aliphatic heterocycles. The molecular weight excluding hydrogens is 346 g/mol. The third kappa shape index (κ3) is 3.48. The van der Waals surface area contributed by atoms with Crippen molar-refractivity contribution < 1.29 is 23.8 Å². The lowest BCUT2D eigenvalue weighted by Gasteiger charge is -2.36. The van der Waals surface area contributed by atoms with Gasteiger partial charge in [0.1, 0.15) is 17.3 Å². The van der Waals surface area contributed by atoms with E-state index in [0.717, 1.165) is 24.1 Å². The fraction of sp³-hybridized carbons (Fsp3) is 0.476. The average Bonchev–Trinajstić information content (AvgIpc) is 2.66. The van der Waals surface area contributed by atoms with Crippen LogP contribution in [0, 0.1) is 5.92 Å². The number of nitrogens with zero attached hydrogens (tertiary/aromatic N) is 1. The number of rotatable bonds is 5. The molecule has 1 saturated carbocycles. The smallest absolute Gasteiger partial charge is 0.336 e. The number of fused-ring (bicyclic) bond motifs is 1. The molecule has 6 heteroatoms. The molecule has 27 heavy (non-hydrogen) atoms. The fourth-order valence-electron chi connectivity index (χ4n) is 4.01. The maximum absolute atomic E-state index is 12.8. The molecule has 144 valence electrons. The predicted molar refractivity (Wildman–Crippen MR) is 101 cm³/mol. The molecule has 1 fully saturated rings. The number of esters is 1. The minimum Gasteiger partial charge on any atom is -0.497 e. The topological polar surface area (TPSA) is 74.2 Å². The first kappa shape index (κ1) is 19.1. The van der Waals surface area contributed by atoms with E-state index in [1.165, 1.54) is 0 Å². The molecule has 6 nitrogen and oxygen atoms in total. The zero-order valence-electron chi connectivity index (χ0n) is 16.2. The van der Waals surface area contributed by atoms with Crippen molar-refractivity contribution in [3.8, 4) is 11.5 Å². The van der Waals surface area contributed by atoms with Crippen LogP contribution in [0.2, 0.25) is 0 Å². The second-order valence-corrected chi connectivity index (χ2v) is 6.71. The van der Waals surface area contributed by atoms with Crippen molar-refractivity contribution in [2.24, 2.45) is 10.9 Å². The third-order valence-electron chi connectivity index (χ3n) is 5.18. The van der Waals surface area contributed by atoms with Crippen LogP contribution in [0.4, 0.5) is 0 Å². The van der Waals surface area contributed by atoms with Gasteiger partial charge in [-0.1, -0.05) is 6.07 Å². The minimum atomic E-state index is -0.467. The number of carbonyl (C=O) groups excluding carboxylic acids is 2. The zero-order valence-corrected chi connectivity index (χ0v) is 16.2. The van der Waals surface area contributed by atoms with Gasteiger partial charge < -0.3 is 14.2 Å². The van der Waals surface area contributed by atoms with Gasteiger partial charge >= 0.3 is 5.97 Å². The van der Waals surface area contributed by atoms with Crippen molar-refractivity contribution in [1.82, 2.24) is 0 Å². The highest BCUT2D eigenvalue weighted by Crippen LogP contribution is 2.46. The first-order valence-corrected chi connectivity index (χ1v) is 9.21. The quantitative estimate of drug-likeness (QED) is 0.741. The van der Waals surface area contributed by atoms with Gasteiger partial charge in [-0.3, -0.25) is 9.79 Å². The van der Waals surface area contributed by atoms with Gasteiger partial charge in [-0.15, -0.1) is 0 Å². The number of allylic oxidation sites excluding steroid dienone is 1. The number of ketones is 1. The number of hydrogen-bond acceptors (Lipinski definition) is 6. The molecule has 0 N–H and O–H groups in total. The van der Waals surface area contributed by atoms with Crippen LogP contribution in [0.15, 0.2) is 34.5 Å². The van der Waals surface area contributed by atoms with E-state index in [-0.39, 0.29) is 12.4 Å². The second kappa shape index (κ2) is 7.94. The van der Waals surface area contributed by atoms with E-state index < -0.39 is 17.8 Å². The monoisotopic (exact) mass is 371 g/mol. The SMILES string of the molecule is CCOC(=O)C1=C(C)N=C2CCCC(=O)[C@@H]2[C@H]1c1ccc(OC)cc1OC. The summed E-state index contributed by atoms with van der Waals surface area (Å²) >= 11 is 0. The van der Waals surface area contributed by atoms with E-state index in [1.54, 1.807) is 34.1 Å². The molecule has 0 amide bonds. The van der Waals surface area contributed by atoms with E-state index >= 15 is 0 Å². The summed E-state index contributed by atoms with van der Waals surface area (Å²) in [6, 6.07) is 5.44. The molecule has 1 heterocycles. The second-order valence-electron chi connectivity index (χ2n) is 6.71. The van der Waals surface area contributed by atoms with Gasteiger partial charge in [0, 0.05) is 35.4 Å². The Balaban J connectivity index is 2.20. The highest BCUT2D eigenvalue weighted by molar-refractivity contribution is 6.11. The van der Waals surface area contributed by atoms with Crippen LogP contribution in [-0.4, -0.2) is 38.3 Å². The Morgan fingerprint density at radius 1 is 1.19 bits per heavy atom. The molecule has 0 saturated heterocycles. The normalized spacial score (nSPS) is 22.1. The van der Waals surface area contributed by atoms with Gasteiger partial charge in [0.25, 0.3) is 0 Å². The lowest BCUT2D eigenvalue weighted by molar-refractivity contribution is -0.139. The molecule has 1 aromatic carbocycles. The van der Waals surface area contributed by atoms with E-state index in [0.29, 0.717) is 29.2 Å². The largest absolute Gasteiger partial charge is 0.497 e. The minimum absolute atomic E-state index is 0.108. The summed E-state index contributed by atoms with van der Waals surface area (Å²) in [7, 11) is 3.15. The number of Topliss-reactive ketones (excluding diaryl/α,β-unsaturated/α-hetero) is 1. The van der Waals surface area contributed by atoms with Crippen molar-refractivity contribution >= 4 is 17.5 Å². The molecule has 2 atom stereocenters. The van der Waals surface area contributed by atoms with Crippen molar-refractivity contribution in [3.05, 3.63) is 35.0 Å². The molecule has 3 rings (SSSR count). The molecule has 0 aromatic heterocycles. The van der Waals surface area contributed by atoms with Crippen LogP contribution in [0.1, 0.15) is 44.6 Å². The van der Waals surface area contributed by atoms with Crippen LogP contribution in [0.3, 0.4) is 0 Å². The van der Waals surface area contributed by atoms with E-state index in [1.807, 2.05) is 12.1 Å². The number of ether oxygens (including phenoxy) is 3. The fourth-order valence-corrected chi connectivity index (χ4v) is 4.01. The summed E-state index contributed by atoms with van der Waals surface area (Å²) in [6.45, 7) is 3.83. The summed E-state index contributed by atoms with van der Waals surface area (Å²) in [5, 5.41) is 0. The van der Waals surface area contributed by atoms with Gasteiger partial charge in [-0.05, 0) is 32.8 Å². The molecule has 0 bridgehead atoms. The Morgan fingerprint density at radius 2 is 1.96 bits per heavy atom. The number of hydrogen-bond donors (Lipinski definition) is 0. The van der Waals surface area contributed by atoms with Crippen molar-refractivity contribution in [3.63, 3.8) is 0 Å². The lowest BCUT2D eigenvalue weighted by Crippen LogP contribution is -2.39. The highest BCUT2D eigenvalue weighted by atomic mass is 16.5. The van der Waals surface area contributed by atoms with Gasteiger partial charge in [-0.2, -0.15) is 0 Å². The number of carbonyl (C=O) groups is 2. The summed E-state index contributed by atoms with van der Waals surface area (Å²) in [5.41, 5.74) is 2.66. The standard InChI is InChI=1S/C21H25NO5/c1-5-27-21(24)18-12(2)22-15-7-6-8-16(23)20(15)19(18)14-10-9-13(25-3)11-17(14)26-4/h9-11,19-20H,5-8H2,1-4H3/t19-,20+/m0/s1. The molecule has 1 aliphatic carbocycles. The first-order chi connectivity index (χ1) is 13.0. The maximum Gasteiger partial charge on any atom is 0.336 e. The molecule has 0 radical (unpaired) electrons. The summed E-state index contributed by atoms with van der Waals surface area (Å²) in [6.07, 6.45) is 2.05. The van der Waals surface area contributed by atoms with E-state index in [4.69, 9.17) is 14.2 Å². The average molecular weight is 371 g/mol. The van der Waals surface area contributed by atoms with Crippen molar-refractivity contribution in [2.45, 2.75) is 39.0 Å². The molecular formula is C21H25NO5. The zero-order chi connectivity index (χ0) is 19.6. The van der Waals surface area contributed by atoms with Crippen LogP contribution in [0.25, 0.3) is 0 Å². The number of aliphatic imine (C=N–C) groups is 1. The predicted octanol–water partition coefficient (Wildman–Crippen LogP) is 3.45. The Bertz CT molecular complexity index is 824. The lowest BCUT2D eigenvalue weighted by atomic mass is 9.69. The van der Waals surface area contributed by atoms with Gasteiger partial charge in [0.15, 0.2) is 0 Å². The Labute approximate surface area is 159 Å². The third-order valence-corrected chi connectivity index (χ3v) is 5.18. The van der Waals surface area contributed by atoms with Gasteiger partial charge in [0.05, 0.1) is 32.3 Å². The number of benzene rings is 1. The summed E-state index contributed by atoms with van der Waals surface area (Å²) in [4.78, 5) is 30.2. The first-order valence-electron chi connectivity index (χ1n) is 9.21. The molecule has 0 spiro atoms. The maximum atomic E-state index is 12.8. The van der Waals surface area contributed by atoms with Gasteiger partial charge in [-0.25, -0.2) is 4.79 Å². The number of methoxy groups -OCH3 is 2. The van der Waals surface area contributed by atoms with Crippen LogP contribution in [0.5, 0.6) is 11.5 Å². The molecule has 1 aromatic rings. The molecule has 0 unspecified atom stereocenters. The summed E-state index contributed by atoms with van der Waals surface area (Å²) in [5.74, 6) is -0.0206. The summed E-state index contributed by atoms with van der Waals surface area (Å²) < 4.78 is 16.2. The van der Waals surface area contributed by atoms with E-state index in [2.05, 4.69) is 4.99 Å². The molecule has 2 aliphatic rings. The van der Waals surface area contributed by atoms with Crippen LogP contribution >= 0.6 is 0 Å².